The highest BCUT2D eigenvalue weighted by atomic mass is 35.5. The Bertz CT molecular complexity index is 1390. The molecule has 2 aromatic carbocycles. The molecule has 0 saturated carbocycles. The molecule has 1 atom stereocenters. The van der Waals surface area contributed by atoms with Crippen LogP contribution in [-0.2, 0) is 9.53 Å². The molecule has 9 heteroatoms. The van der Waals surface area contributed by atoms with Crippen LogP contribution in [0.25, 0.3) is 22.7 Å². The lowest BCUT2D eigenvalue weighted by Gasteiger charge is -2.11. The fraction of sp³-hybridized carbons (Fsp3) is 0.130. The van der Waals surface area contributed by atoms with Crippen LogP contribution in [0.5, 0.6) is 0 Å². The molecule has 0 spiro atoms. The average Bonchev–Trinajstić information content (AvgIpc) is 3.06. The van der Waals surface area contributed by atoms with Crippen molar-refractivity contribution in [2.24, 2.45) is 0 Å². The molecule has 0 fully saturated rings. The van der Waals surface area contributed by atoms with Crippen molar-refractivity contribution in [2.45, 2.75) is 20.0 Å². The number of hydrogen-bond acceptors (Lipinski definition) is 5. The van der Waals surface area contributed by atoms with Crippen LogP contribution in [0.3, 0.4) is 0 Å². The first-order valence-electron chi connectivity index (χ1n) is 9.72. The van der Waals surface area contributed by atoms with E-state index in [1.165, 1.54) is 29.0 Å². The minimum Gasteiger partial charge on any atom is -0.451 e. The standard InChI is InChI=1S/C23H18ClFN4O3/c1-13-17(21(24)29(28-13)16-9-7-15(25)8-10-16)11-12-20(30)32-14(2)22-26-19-6-4-3-5-18(19)23(31)27-22/h3-12,14H,1-2H3,(H,26,27,31)/b12-11+. The minimum atomic E-state index is -0.775. The van der Waals surface area contributed by atoms with E-state index in [0.29, 0.717) is 27.8 Å². The van der Waals surface area contributed by atoms with Crippen molar-refractivity contribution in [1.82, 2.24) is 19.7 Å². The average molecular weight is 453 g/mol. The number of aromatic nitrogens is 4. The van der Waals surface area contributed by atoms with Crippen LogP contribution in [0.1, 0.15) is 30.1 Å². The Balaban J connectivity index is 1.51. The first-order chi connectivity index (χ1) is 15.3. The third-order valence-electron chi connectivity index (χ3n) is 4.81. The first-order valence-corrected chi connectivity index (χ1v) is 10.1. The molecule has 4 rings (SSSR count). The number of fused-ring (bicyclic) bond motifs is 1. The lowest BCUT2D eigenvalue weighted by molar-refractivity contribution is -0.142. The van der Waals surface area contributed by atoms with Gasteiger partial charge >= 0.3 is 5.97 Å². The van der Waals surface area contributed by atoms with Crippen molar-refractivity contribution in [3.8, 4) is 5.69 Å². The number of carbonyl (C=O) groups excluding carboxylic acids is 1. The third kappa shape index (κ3) is 4.31. The van der Waals surface area contributed by atoms with Crippen molar-refractivity contribution >= 4 is 34.5 Å². The Morgan fingerprint density at radius 1 is 1.22 bits per heavy atom. The summed E-state index contributed by atoms with van der Waals surface area (Å²) in [6, 6.07) is 12.6. The molecule has 0 aliphatic heterocycles. The first kappa shape index (κ1) is 21.5. The van der Waals surface area contributed by atoms with E-state index < -0.39 is 12.1 Å². The van der Waals surface area contributed by atoms with Crippen molar-refractivity contribution in [3.63, 3.8) is 0 Å². The van der Waals surface area contributed by atoms with Gasteiger partial charge in [0, 0.05) is 11.6 Å². The van der Waals surface area contributed by atoms with Gasteiger partial charge in [0.1, 0.15) is 11.0 Å². The van der Waals surface area contributed by atoms with E-state index in [1.54, 1.807) is 50.2 Å². The molecule has 0 aliphatic carbocycles. The van der Waals surface area contributed by atoms with Gasteiger partial charge in [0.2, 0.25) is 0 Å². The van der Waals surface area contributed by atoms with Crippen LogP contribution in [0.2, 0.25) is 5.15 Å². The number of hydrogen-bond donors (Lipinski definition) is 1. The van der Waals surface area contributed by atoms with Crippen LogP contribution in [-0.4, -0.2) is 25.7 Å². The second-order valence-electron chi connectivity index (χ2n) is 7.06. The Labute approximate surface area is 187 Å². The lowest BCUT2D eigenvalue weighted by atomic mass is 10.2. The van der Waals surface area contributed by atoms with E-state index in [2.05, 4.69) is 15.1 Å². The molecule has 0 aliphatic rings. The number of carbonyl (C=O) groups is 1. The van der Waals surface area contributed by atoms with Crippen molar-refractivity contribution < 1.29 is 13.9 Å². The maximum Gasteiger partial charge on any atom is 0.331 e. The molecule has 32 heavy (non-hydrogen) atoms. The van der Waals surface area contributed by atoms with Crippen LogP contribution < -0.4 is 5.56 Å². The second kappa shape index (κ2) is 8.76. The number of nitrogens with zero attached hydrogens (tertiary/aromatic N) is 3. The van der Waals surface area contributed by atoms with Gasteiger partial charge in [0.25, 0.3) is 5.56 Å². The fourth-order valence-electron chi connectivity index (χ4n) is 3.17. The van der Waals surface area contributed by atoms with Crippen molar-refractivity contribution in [1.29, 1.82) is 0 Å². The maximum atomic E-state index is 13.2. The zero-order chi connectivity index (χ0) is 22.8. The van der Waals surface area contributed by atoms with E-state index in [9.17, 15) is 14.0 Å². The summed E-state index contributed by atoms with van der Waals surface area (Å²) in [5.74, 6) is -0.764. The summed E-state index contributed by atoms with van der Waals surface area (Å²) < 4.78 is 20.0. The summed E-state index contributed by atoms with van der Waals surface area (Å²) in [6.45, 7) is 3.35. The predicted molar refractivity (Wildman–Crippen MR) is 119 cm³/mol. The van der Waals surface area contributed by atoms with E-state index in [0.717, 1.165) is 0 Å². The summed E-state index contributed by atoms with van der Waals surface area (Å²) >= 11 is 6.42. The molecule has 0 saturated heterocycles. The molecule has 1 unspecified atom stereocenters. The van der Waals surface area contributed by atoms with Gasteiger partial charge in [-0.2, -0.15) is 5.10 Å². The quantitative estimate of drug-likeness (QED) is 0.355. The summed E-state index contributed by atoms with van der Waals surface area (Å²) in [4.78, 5) is 31.6. The van der Waals surface area contributed by atoms with Crippen LogP contribution in [0.15, 0.2) is 59.4 Å². The normalized spacial score (nSPS) is 12.4. The second-order valence-corrected chi connectivity index (χ2v) is 7.42. The summed E-state index contributed by atoms with van der Waals surface area (Å²) in [5.41, 5.74) is 1.90. The number of ether oxygens (including phenoxy) is 1. The summed E-state index contributed by atoms with van der Waals surface area (Å²) in [7, 11) is 0. The van der Waals surface area contributed by atoms with Gasteiger partial charge in [-0.1, -0.05) is 23.7 Å². The van der Waals surface area contributed by atoms with Gasteiger partial charge in [-0.3, -0.25) is 4.79 Å². The monoisotopic (exact) mass is 452 g/mol. The third-order valence-corrected chi connectivity index (χ3v) is 5.18. The number of nitrogens with one attached hydrogen (secondary N) is 1. The highest BCUT2D eigenvalue weighted by molar-refractivity contribution is 6.31. The Kier molecular flexibility index (Phi) is 5.87. The molecular weight excluding hydrogens is 435 g/mol. The topological polar surface area (TPSA) is 89.9 Å². The van der Waals surface area contributed by atoms with E-state index in [-0.39, 0.29) is 22.4 Å². The summed E-state index contributed by atoms with van der Waals surface area (Å²) in [5, 5.41) is 5.07. The number of para-hydroxylation sites is 1. The predicted octanol–water partition coefficient (Wildman–Crippen LogP) is 4.53. The maximum absolute atomic E-state index is 13.2. The lowest BCUT2D eigenvalue weighted by Crippen LogP contribution is -2.16. The number of H-pyrrole nitrogens is 1. The molecule has 0 amide bonds. The van der Waals surface area contributed by atoms with Gasteiger partial charge in [-0.15, -0.1) is 0 Å². The zero-order valence-corrected chi connectivity index (χ0v) is 17.9. The molecule has 0 radical (unpaired) electrons. The van der Waals surface area contributed by atoms with Gasteiger partial charge in [-0.05, 0) is 56.3 Å². The van der Waals surface area contributed by atoms with Crippen molar-refractivity contribution in [3.05, 3.63) is 93.0 Å². The Morgan fingerprint density at radius 3 is 2.69 bits per heavy atom. The molecule has 1 N–H and O–H groups in total. The van der Waals surface area contributed by atoms with Crippen LogP contribution >= 0.6 is 11.6 Å². The highest BCUT2D eigenvalue weighted by Gasteiger charge is 2.16. The number of esters is 1. The van der Waals surface area contributed by atoms with E-state index in [1.807, 2.05) is 0 Å². The van der Waals surface area contributed by atoms with E-state index in [4.69, 9.17) is 16.3 Å². The van der Waals surface area contributed by atoms with Gasteiger partial charge in [0.15, 0.2) is 11.9 Å². The number of aryl methyl sites for hydroxylation is 1. The molecular formula is C23H18ClFN4O3. The number of halogens is 2. The van der Waals surface area contributed by atoms with Gasteiger partial charge in [0.05, 0.1) is 22.3 Å². The Hall–Kier alpha value is -3.78. The fourth-order valence-corrected chi connectivity index (χ4v) is 3.51. The van der Waals surface area contributed by atoms with Gasteiger partial charge < -0.3 is 9.72 Å². The van der Waals surface area contributed by atoms with E-state index >= 15 is 0 Å². The number of aromatic amines is 1. The van der Waals surface area contributed by atoms with Crippen molar-refractivity contribution in [2.75, 3.05) is 0 Å². The smallest absolute Gasteiger partial charge is 0.331 e. The molecule has 4 aromatic rings. The highest BCUT2D eigenvalue weighted by Crippen LogP contribution is 2.25. The Morgan fingerprint density at radius 2 is 1.94 bits per heavy atom. The minimum absolute atomic E-state index is 0.244. The molecule has 0 bridgehead atoms. The molecule has 7 nitrogen and oxygen atoms in total. The summed E-state index contributed by atoms with van der Waals surface area (Å²) in [6.07, 6.45) is 1.94. The number of rotatable bonds is 5. The SMILES string of the molecule is Cc1nn(-c2ccc(F)cc2)c(Cl)c1/C=C/C(=O)OC(C)c1nc2ccccc2c(=O)[nH]1. The number of benzene rings is 2. The molecule has 2 heterocycles. The zero-order valence-electron chi connectivity index (χ0n) is 17.2. The van der Waals surface area contributed by atoms with Crippen LogP contribution in [0.4, 0.5) is 4.39 Å². The van der Waals surface area contributed by atoms with Gasteiger partial charge in [-0.25, -0.2) is 18.9 Å². The largest absolute Gasteiger partial charge is 0.451 e. The molecule has 2 aromatic heterocycles. The van der Waals surface area contributed by atoms with Crippen LogP contribution in [0, 0.1) is 12.7 Å². The molecule has 162 valence electrons.